The first-order chi connectivity index (χ1) is 3.73. The van der Waals surface area contributed by atoms with Gasteiger partial charge in [-0.15, -0.1) is 0 Å². The van der Waals surface area contributed by atoms with Crippen LogP contribution in [0.2, 0.25) is 0 Å². The molecule has 0 fully saturated rings. The van der Waals surface area contributed by atoms with Gasteiger partial charge in [-0.1, -0.05) is 0 Å². The van der Waals surface area contributed by atoms with E-state index in [1.165, 1.54) is 13.8 Å². The predicted molar refractivity (Wildman–Crippen MR) is 32.6 cm³/mol. The van der Waals surface area contributed by atoms with E-state index in [-0.39, 0.29) is 28.8 Å². The molecule has 0 N–H and O–H groups in total. The summed E-state index contributed by atoms with van der Waals surface area (Å²) in [5.41, 5.74) is 0. The summed E-state index contributed by atoms with van der Waals surface area (Å²) in [5.74, 6) is 0.167. The summed E-state index contributed by atoms with van der Waals surface area (Å²) >= 11 is 0. The molecule has 0 aliphatic heterocycles. The maximum atomic E-state index is 9.44. The Morgan fingerprint density at radius 1 is 1.20 bits per heavy atom. The van der Waals surface area contributed by atoms with E-state index in [0.717, 1.165) is 0 Å². The Kier molecular flexibility index (Phi) is 12.4. The van der Waals surface area contributed by atoms with E-state index in [0.29, 0.717) is 0 Å². The molecule has 10 heavy (non-hydrogen) atoms. The molecule has 5 nitrogen and oxygen atoms in total. The van der Waals surface area contributed by atoms with Crippen LogP contribution in [0, 0.1) is 0 Å². The zero-order chi connectivity index (χ0) is 8.08. The van der Waals surface area contributed by atoms with Crippen molar-refractivity contribution in [1.29, 1.82) is 0 Å². The van der Waals surface area contributed by atoms with Gasteiger partial charge in [0.25, 0.3) is 0 Å². The van der Waals surface area contributed by atoms with Gasteiger partial charge in [-0.25, -0.2) is 0 Å². The molecule has 0 radical (unpaired) electrons. The van der Waals surface area contributed by atoms with Crippen LogP contribution < -0.4 is 0 Å². The van der Waals surface area contributed by atoms with Gasteiger partial charge >= 0.3 is 23.1 Å². The molecule has 0 heterocycles. The van der Waals surface area contributed by atoms with E-state index in [4.69, 9.17) is 17.5 Å². The molecular weight excluding hydrogens is 172 g/mol. The van der Waals surface area contributed by atoms with Gasteiger partial charge in [0.05, 0.1) is 0 Å². The number of rotatable bonds is 0. The van der Waals surface area contributed by atoms with Gasteiger partial charge in [0.15, 0.2) is 0 Å². The summed E-state index contributed by atoms with van der Waals surface area (Å²) in [6.07, 6.45) is 0. The minimum absolute atomic E-state index is 0. The van der Waals surface area contributed by atoms with E-state index in [1.807, 2.05) is 0 Å². The van der Waals surface area contributed by atoms with Crippen LogP contribution in [0.4, 0.5) is 0 Å². The third kappa shape index (κ3) is 4730. The average molecular weight is 178 g/mol. The van der Waals surface area contributed by atoms with Crippen LogP contribution in [0.3, 0.4) is 0 Å². The minimum Gasteiger partial charge on any atom is -0.759 e. The van der Waals surface area contributed by atoms with Gasteiger partial charge in [0.2, 0.25) is 0 Å². The summed E-state index contributed by atoms with van der Waals surface area (Å²) in [4.78, 5) is 9.44. The molecule has 0 unspecified atom stereocenters. The Labute approximate surface area is 75.5 Å². The molecule has 0 aromatic carbocycles. The second kappa shape index (κ2) is 7.41. The number of hydrogen-bond donors (Lipinski definition) is 0. The summed E-state index contributed by atoms with van der Waals surface area (Å²) in [6, 6.07) is 0. The maximum Gasteiger partial charge on any atom is 2.00 e. The molecule has 0 aromatic heterocycles. The number of Topliss-reactive ketones (excluding diaryl/α,β-unsaturated/α-hetero) is 1. The van der Waals surface area contributed by atoms with E-state index in [9.17, 15) is 4.79 Å². The third-order valence-electron chi connectivity index (χ3n) is 0. The monoisotopic (exact) mass is 178 g/mol. The molecule has 7 heteroatoms. The molecule has 0 aromatic rings. The van der Waals surface area contributed by atoms with E-state index in [1.54, 1.807) is 0 Å². The Balaban J connectivity index is -0.0000000910. The van der Waals surface area contributed by atoms with Gasteiger partial charge in [-0.05, 0) is 13.8 Å². The summed E-state index contributed by atoms with van der Waals surface area (Å²) in [5, 5.41) is 0. The fourth-order valence-corrected chi connectivity index (χ4v) is 0. The first kappa shape index (κ1) is 16.7. The number of carbonyl (C=O) groups is 1. The number of ketones is 1. The molecule has 56 valence electrons. The Morgan fingerprint density at radius 2 is 1.20 bits per heavy atom. The zero-order valence-corrected chi connectivity index (χ0v) is 7.89. The summed E-state index contributed by atoms with van der Waals surface area (Å²) in [6.45, 7) is 3.06. The summed E-state index contributed by atoms with van der Waals surface area (Å²) < 4.78 is 34.1. The molecule has 0 saturated heterocycles. The predicted octanol–water partition coefficient (Wildman–Crippen LogP) is -1.12. The van der Waals surface area contributed by atoms with Crippen LogP contribution in [-0.2, 0) is 15.2 Å². The van der Waals surface area contributed by atoms with Crippen molar-refractivity contribution in [2.24, 2.45) is 0 Å². The quantitative estimate of drug-likeness (QED) is 0.266. The van der Waals surface area contributed by atoms with Crippen LogP contribution in [0.1, 0.15) is 13.8 Å². The molecule has 0 aliphatic carbocycles. The van der Waals surface area contributed by atoms with Gasteiger partial charge < -0.3 is 13.9 Å². The number of hydrogen-bond acceptors (Lipinski definition) is 5. The smallest absolute Gasteiger partial charge is 0.759 e. The van der Waals surface area contributed by atoms with Crippen molar-refractivity contribution in [3.63, 3.8) is 0 Å². The standard InChI is InChI=1S/C3H6O.Mg.H2O4S/c1-3(2)4;;1-5(2,3)4/h1-2H3;;(H2,1,2,3,4)/q;+2;/p-2. The zero-order valence-electron chi connectivity index (χ0n) is 5.66. The molecular formula is C3H6MgO5S. The molecule has 0 rings (SSSR count). The van der Waals surface area contributed by atoms with Crippen LogP contribution >= 0.6 is 0 Å². The molecule has 0 aliphatic rings. The molecule has 0 atom stereocenters. The largest absolute Gasteiger partial charge is 2.00 e. The first-order valence-corrected chi connectivity index (χ1v) is 3.20. The Morgan fingerprint density at radius 3 is 1.20 bits per heavy atom. The normalized spacial score (nSPS) is 8.40. The van der Waals surface area contributed by atoms with Crippen molar-refractivity contribution in [2.45, 2.75) is 13.8 Å². The van der Waals surface area contributed by atoms with Gasteiger partial charge in [0, 0.05) is 10.4 Å². The fourth-order valence-electron chi connectivity index (χ4n) is 0. The van der Waals surface area contributed by atoms with Crippen molar-refractivity contribution < 1.29 is 22.3 Å². The Hall–Kier alpha value is 0.306. The van der Waals surface area contributed by atoms with Gasteiger partial charge in [0.1, 0.15) is 5.78 Å². The second-order valence-electron chi connectivity index (χ2n) is 1.32. The Bertz CT molecular complexity index is 159. The molecule has 0 bridgehead atoms. The van der Waals surface area contributed by atoms with E-state index in [2.05, 4.69) is 0 Å². The summed E-state index contributed by atoms with van der Waals surface area (Å²) in [7, 11) is -5.17. The average Bonchev–Trinajstić information content (AvgIpc) is 1.19. The van der Waals surface area contributed by atoms with E-state index >= 15 is 0 Å². The van der Waals surface area contributed by atoms with Crippen LogP contribution in [0.15, 0.2) is 0 Å². The first-order valence-electron chi connectivity index (χ1n) is 1.87. The van der Waals surface area contributed by atoms with Crippen molar-refractivity contribution in [1.82, 2.24) is 0 Å². The third-order valence-corrected chi connectivity index (χ3v) is 0. The second-order valence-corrected chi connectivity index (χ2v) is 2.13. The SMILES string of the molecule is CC(C)=O.O=S(=O)([O-])[O-].[Mg+2]. The van der Waals surface area contributed by atoms with Crippen LogP contribution in [0.25, 0.3) is 0 Å². The maximum absolute atomic E-state index is 9.44. The van der Waals surface area contributed by atoms with Gasteiger partial charge in [-0.3, -0.25) is 8.42 Å². The number of carbonyl (C=O) groups excluding carboxylic acids is 1. The van der Waals surface area contributed by atoms with E-state index < -0.39 is 10.4 Å². The minimum atomic E-state index is -5.17. The molecule has 0 saturated carbocycles. The van der Waals surface area contributed by atoms with Crippen molar-refractivity contribution >= 4 is 39.2 Å². The van der Waals surface area contributed by atoms with Crippen molar-refractivity contribution in [2.75, 3.05) is 0 Å². The molecule has 0 spiro atoms. The molecule has 0 amide bonds. The topological polar surface area (TPSA) is 97.3 Å². The fraction of sp³-hybridized carbons (Fsp3) is 0.667. The van der Waals surface area contributed by atoms with Crippen molar-refractivity contribution in [3.05, 3.63) is 0 Å². The van der Waals surface area contributed by atoms with Crippen LogP contribution in [0.5, 0.6) is 0 Å². The van der Waals surface area contributed by atoms with Crippen molar-refractivity contribution in [3.8, 4) is 0 Å². The van der Waals surface area contributed by atoms with Crippen LogP contribution in [-0.4, -0.2) is 46.4 Å². The van der Waals surface area contributed by atoms with Gasteiger partial charge in [-0.2, -0.15) is 0 Å².